The molecule has 2 nitrogen and oxygen atoms in total. The van der Waals surface area contributed by atoms with Gasteiger partial charge in [0.15, 0.2) is 0 Å². The van der Waals surface area contributed by atoms with Gasteiger partial charge in [-0.3, -0.25) is 0 Å². The van der Waals surface area contributed by atoms with Gasteiger partial charge in [0.25, 0.3) is 0 Å². The number of rotatable bonds is 4. The zero-order valence-electron chi connectivity index (χ0n) is 7.87. The minimum Gasteiger partial charge on any atom is -0.495 e. The molecular formula is C11H11ClO2. The van der Waals surface area contributed by atoms with Gasteiger partial charge in [-0.05, 0) is 17.7 Å². The molecular weight excluding hydrogens is 200 g/mol. The zero-order chi connectivity index (χ0) is 10.4. The summed E-state index contributed by atoms with van der Waals surface area (Å²) in [5, 5.41) is 0.570. The van der Waals surface area contributed by atoms with Gasteiger partial charge >= 0.3 is 0 Å². The lowest BCUT2D eigenvalue weighted by Gasteiger charge is -2.02. The molecule has 0 aliphatic heterocycles. The van der Waals surface area contributed by atoms with Gasteiger partial charge in [-0.15, -0.1) is 0 Å². The Morgan fingerprint density at radius 3 is 2.86 bits per heavy atom. The lowest BCUT2D eigenvalue weighted by molar-refractivity contribution is -0.107. The van der Waals surface area contributed by atoms with Crippen molar-refractivity contribution in [2.75, 3.05) is 7.11 Å². The number of halogens is 1. The van der Waals surface area contributed by atoms with Gasteiger partial charge in [0.1, 0.15) is 12.0 Å². The number of allylic oxidation sites excluding steroid dienone is 1. The number of carbonyl (C=O) groups is 1. The van der Waals surface area contributed by atoms with Gasteiger partial charge < -0.3 is 9.53 Å². The van der Waals surface area contributed by atoms with E-state index in [2.05, 4.69) is 0 Å². The normalized spacial score (nSPS) is 10.4. The third kappa shape index (κ3) is 2.89. The number of hydrogen-bond acceptors (Lipinski definition) is 2. The maximum atomic E-state index is 10.1. The van der Waals surface area contributed by atoms with Crippen molar-refractivity contribution in [2.45, 2.75) is 6.42 Å². The summed E-state index contributed by atoms with van der Waals surface area (Å²) >= 11 is 5.91. The number of benzene rings is 1. The molecule has 0 spiro atoms. The summed E-state index contributed by atoms with van der Waals surface area (Å²) in [5.74, 6) is 0.652. The van der Waals surface area contributed by atoms with Crippen molar-refractivity contribution < 1.29 is 9.53 Å². The molecule has 0 aromatic heterocycles. The molecule has 14 heavy (non-hydrogen) atoms. The fourth-order valence-corrected chi connectivity index (χ4v) is 1.31. The second-order valence-electron chi connectivity index (χ2n) is 2.70. The van der Waals surface area contributed by atoms with Crippen molar-refractivity contribution in [2.24, 2.45) is 0 Å². The predicted molar refractivity (Wildman–Crippen MR) is 57.7 cm³/mol. The van der Waals surface area contributed by atoms with Crippen LogP contribution in [0.3, 0.4) is 0 Å². The van der Waals surface area contributed by atoms with Crippen molar-refractivity contribution in [1.82, 2.24) is 0 Å². The van der Waals surface area contributed by atoms with Crippen LogP contribution in [-0.4, -0.2) is 13.4 Å². The summed E-state index contributed by atoms with van der Waals surface area (Å²) in [4.78, 5) is 10.1. The summed E-state index contributed by atoms with van der Waals surface area (Å²) in [5.41, 5.74) is 0.956. The molecule has 0 amide bonds. The Balaban J connectivity index is 2.80. The van der Waals surface area contributed by atoms with E-state index in [0.29, 0.717) is 17.2 Å². The Labute approximate surface area is 88.1 Å². The Bertz CT molecular complexity index is 345. The van der Waals surface area contributed by atoms with E-state index in [-0.39, 0.29) is 0 Å². The van der Waals surface area contributed by atoms with Gasteiger partial charge in [-0.1, -0.05) is 29.8 Å². The molecule has 1 rings (SSSR count). The molecule has 0 bridgehead atoms. The molecule has 1 aromatic carbocycles. The monoisotopic (exact) mass is 210 g/mol. The first-order chi connectivity index (χ1) is 6.77. The standard InChI is InChI=1S/C11H11ClO2/c1-14-11-6-5-9(8-10(11)12)4-2-3-7-13/h2,4-8H,3H2,1H3. The third-order valence-corrected chi connectivity index (χ3v) is 2.01. The highest BCUT2D eigenvalue weighted by molar-refractivity contribution is 6.32. The average Bonchev–Trinajstić information content (AvgIpc) is 2.18. The van der Waals surface area contributed by atoms with Crippen molar-refractivity contribution >= 4 is 24.0 Å². The summed E-state index contributed by atoms with van der Waals surface area (Å²) < 4.78 is 5.01. The fourth-order valence-electron chi connectivity index (χ4n) is 1.05. The number of ether oxygens (including phenoxy) is 1. The van der Waals surface area contributed by atoms with Crippen molar-refractivity contribution in [3.63, 3.8) is 0 Å². The second kappa shape index (κ2) is 5.45. The average molecular weight is 211 g/mol. The Morgan fingerprint density at radius 1 is 1.50 bits per heavy atom. The van der Waals surface area contributed by atoms with Crippen LogP contribution in [0.25, 0.3) is 6.08 Å². The second-order valence-corrected chi connectivity index (χ2v) is 3.11. The van der Waals surface area contributed by atoms with Crippen LogP contribution in [0.1, 0.15) is 12.0 Å². The molecule has 0 heterocycles. The molecule has 3 heteroatoms. The maximum absolute atomic E-state index is 10.1. The minimum absolute atomic E-state index is 0.420. The topological polar surface area (TPSA) is 26.3 Å². The molecule has 74 valence electrons. The van der Waals surface area contributed by atoms with Gasteiger partial charge in [0, 0.05) is 6.42 Å². The van der Waals surface area contributed by atoms with Crippen LogP contribution in [-0.2, 0) is 4.79 Å². The van der Waals surface area contributed by atoms with Crippen LogP contribution < -0.4 is 4.74 Å². The molecule has 0 N–H and O–H groups in total. The summed E-state index contributed by atoms with van der Waals surface area (Å²) in [6, 6.07) is 5.47. The largest absolute Gasteiger partial charge is 0.495 e. The van der Waals surface area contributed by atoms with E-state index in [4.69, 9.17) is 16.3 Å². The Hall–Kier alpha value is -1.28. The summed E-state index contributed by atoms with van der Waals surface area (Å²) in [7, 11) is 1.57. The molecule has 0 unspecified atom stereocenters. The molecule has 0 radical (unpaired) electrons. The predicted octanol–water partition coefficient (Wildman–Crippen LogP) is 2.95. The van der Waals surface area contributed by atoms with Crippen LogP contribution >= 0.6 is 11.6 Å². The van der Waals surface area contributed by atoms with E-state index in [0.717, 1.165) is 11.8 Å². The number of hydrogen-bond donors (Lipinski definition) is 0. The summed E-state index contributed by atoms with van der Waals surface area (Å²) in [6.07, 6.45) is 4.90. The van der Waals surface area contributed by atoms with E-state index in [1.807, 2.05) is 12.1 Å². The first-order valence-electron chi connectivity index (χ1n) is 4.21. The minimum atomic E-state index is 0.420. The third-order valence-electron chi connectivity index (χ3n) is 1.72. The van der Waals surface area contributed by atoms with E-state index < -0.39 is 0 Å². The maximum Gasteiger partial charge on any atom is 0.137 e. The number of aldehydes is 1. The van der Waals surface area contributed by atoms with E-state index >= 15 is 0 Å². The molecule has 0 atom stereocenters. The first-order valence-corrected chi connectivity index (χ1v) is 4.59. The highest BCUT2D eigenvalue weighted by Crippen LogP contribution is 2.25. The Kier molecular flexibility index (Phi) is 4.20. The van der Waals surface area contributed by atoms with Crippen molar-refractivity contribution in [3.8, 4) is 5.75 Å². The SMILES string of the molecule is COc1ccc(C=CCC=O)cc1Cl. The molecule has 0 aliphatic carbocycles. The fraction of sp³-hybridized carbons (Fsp3) is 0.182. The Morgan fingerprint density at radius 2 is 2.29 bits per heavy atom. The summed E-state index contributed by atoms with van der Waals surface area (Å²) in [6.45, 7) is 0. The van der Waals surface area contributed by atoms with E-state index in [1.165, 1.54) is 0 Å². The highest BCUT2D eigenvalue weighted by Gasteiger charge is 1.98. The number of carbonyl (C=O) groups excluding carboxylic acids is 1. The van der Waals surface area contributed by atoms with E-state index in [9.17, 15) is 4.79 Å². The van der Waals surface area contributed by atoms with Crippen molar-refractivity contribution in [3.05, 3.63) is 34.9 Å². The van der Waals surface area contributed by atoms with Crippen LogP contribution in [0.4, 0.5) is 0 Å². The molecule has 1 aromatic rings. The van der Waals surface area contributed by atoms with Gasteiger partial charge in [0.2, 0.25) is 0 Å². The van der Waals surface area contributed by atoms with Crippen LogP contribution in [0.15, 0.2) is 24.3 Å². The molecule has 0 fully saturated rings. The smallest absolute Gasteiger partial charge is 0.137 e. The quantitative estimate of drug-likeness (QED) is 0.715. The number of methoxy groups -OCH3 is 1. The van der Waals surface area contributed by atoms with E-state index in [1.54, 1.807) is 25.3 Å². The van der Waals surface area contributed by atoms with Crippen molar-refractivity contribution in [1.29, 1.82) is 0 Å². The van der Waals surface area contributed by atoms with Crippen LogP contribution in [0, 0.1) is 0 Å². The van der Waals surface area contributed by atoms with Crippen LogP contribution in [0.2, 0.25) is 5.02 Å². The van der Waals surface area contributed by atoms with Gasteiger partial charge in [-0.25, -0.2) is 0 Å². The van der Waals surface area contributed by atoms with Gasteiger partial charge in [-0.2, -0.15) is 0 Å². The lowest BCUT2D eigenvalue weighted by atomic mass is 10.2. The van der Waals surface area contributed by atoms with Crippen LogP contribution in [0.5, 0.6) is 5.75 Å². The zero-order valence-corrected chi connectivity index (χ0v) is 8.62. The molecule has 0 aliphatic rings. The highest BCUT2D eigenvalue weighted by atomic mass is 35.5. The lowest BCUT2D eigenvalue weighted by Crippen LogP contribution is -1.84. The molecule has 0 saturated carbocycles. The van der Waals surface area contributed by atoms with Gasteiger partial charge in [0.05, 0.1) is 12.1 Å². The first kappa shape index (κ1) is 10.8. The molecule has 0 saturated heterocycles.